The molecular formula is C19H18ClN3. The van der Waals surface area contributed by atoms with E-state index in [0.717, 1.165) is 11.1 Å². The van der Waals surface area contributed by atoms with Crippen LogP contribution in [0.3, 0.4) is 0 Å². The summed E-state index contributed by atoms with van der Waals surface area (Å²) in [6.07, 6.45) is 3.34. The highest BCUT2D eigenvalue weighted by atomic mass is 35.5. The summed E-state index contributed by atoms with van der Waals surface area (Å²) >= 11 is 5.91. The fraction of sp³-hybridized carbons (Fsp3) is 0.0526. The van der Waals surface area contributed by atoms with Crippen molar-refractivity contribution in [2.24, 2.45) is 15.7 Å². The smallest absolute Gasteiger partial charge is 0.157 e. The first kappa shape index (κ1) is 16.7. The number of hydrogen-bond acceptors (Lipinski definition) is 1. The molecule has 0 heterocycles. The van der Waals surface area contributed by atoms with Gasteiger partial charge in [-0.15, -0.1) is 0 Å². The number of amidine groups is 2. The summed E-state index contributed by atoms with van der Waals surface area (Å²) in [6, 6.07) is 19.3. The van der Waals surface area contributed by atoms with Crippen LogP contribution in [0.5, 0.6) is 0 Å². The predicted molar refractivity (Wildman–Crippen MR) is 99.1 cm³/mol. The summed E-state index contributed by atoms with van der Waals surface area (Å²) in [4.78, 5) is 8.97. The van der Waals surface area contributed by atoms with Gasteiger partial charge in [0.25, 0.3) is 0 Å². The second-order valence-corrected chi connectivity index (χ2v) is 5.12. The van der Waals surface area contributed by atoms with Crippen LogP contribution in [0, 0.1) is 0 Å². The molecule has 23 heavy (non-hydrogen) atoms. The summed E-state index contributed by atoms with van der Waals surface area (Å²) in [5.41, 5.74) is 7.86. The quantitative estimate of drug-likeness (QED) is 0.501. The Bertz CT molecular complexity index is 732. The molecule has 0 saturated carbocycles. The van der Waals surface area contributed by atoms with Crippen molar-refractivity contribution in [1.29, 1.82) is 0 Å². The molecule has 0 saturated heterocycles. The minimum atomic E-state index is 0.403. The molecule has 4 heteroatoms. The maximum absolute atomic E-state index is 6.10. The van der Waals surface area contributed by atoms with Gasteiger partial charge in [0.1, 0.15) is 5.84 Å². The van der Waals surface area contributed by atoms with E-state index >= 15 is 0 Å². The zero-order valence-corrected chi connectivity index (χ0v) is 13.4. The molecule has 2 aromatic rings. The summed E-state index contributed by atoms with van der Waals surface area (Å²) < 4.78 is 0. The van der Waals surface area contributed by atoms with Crippen LogP contribution in [0.25, 0.3) is 0 Å². The first-order valence-corrected chi connectivity index (χ1v) is 7.56. The Labute approximate surface area is 141 Å². The van der Waals surface area contributed by atoms with E-state index in [-0.39, 0.29) is 0 Å². The molecule has 3 nitrogen and oxygen atoms in total. The lowest BCUT2D eigenvalue weighted by Gasteiger charge is -2.04. The van der Waals surface area contributed by atoms with Gasteiger partial charge in [0.2, 0.25) is 0 Å². The summed E-state index contributed by atoms with van der Waals surface area (Å²) in [5, 5.41) is 0.557. The van der Waals surface area contributed by atoms with Crippen molar-refractivity contribution in [1.82, 2.24) is 0 Å². The highest BCUT2D eigenvalue weighted by Gasteiger charge is 2.04. The Hall–Kier alpha value is -2.65. The van der Waals surface area contributed by atoms with Gasteiger partial charge in [0, 0.05) is 16.2 Å². The van der Waals surface area contributed by atoms with Gasteiger partial charge in [-0.1, -0.05) is 84.9 Å². The van der Waals surface area contributed by atoms with Gasteiger partial charge in [0.05, 0.1) is 6.54 Å². The van der Waals surface area contributed by atoms with Crippen LogP contribution in [0.1, 0.15) is 11.1 Å². The number of rotatable bonds is 5. The topological polar surface area (TPSA) is 50.7 Å². The average Bonchev–Trinajstić information content (AvgIpc) is 2.62. The Balaban J connectivity index is 2.34. The molecular weight excluding hydrogens is 306 g/mol. The van der Waals surface area contributed by atoms with Crippen molar-refractivity contribution in [3.05, 3.63) is 95.6 Å². The summed E-state index contributed by atoms with van der Waals surface area (Å²) in [5.74, 6) is 0.990. The third kappa shape index (κ3) is 5.24. The van der Waals surface area contributed by atoms with Crippen molar-refractivity contribution in [3.63, 3.8) is 0 Å². The normalized spacial score (nSPS) is 13.0. The lowest BCUT2D eigenvalue weighted by Crippen LogP contribution is -2.16. The first-order valence-electron chi connectivity index (χ1n) is 7.18. The van der Waals surface area contributed by atoms with Crippen LogP contribution in [0.15, 0.2) is 94.4 Å². The fourth-order valence-corrected chi connectivity index (χ4v) is 1.94. The van der Waals surface area contributed by atoms with Gasteiger partial charge in [-0.3, -0.25) is 4.99 Å². The molecule has 2 N–H and O–H groups in total. The molecule has 0 fully saturated rings. The summed E-state index contributed by atoms with van der Waals surface area (Å²) in [7, 11) is 0. The molecule has 0 aliphatic rings. The van der Waals surface area contributed by atoms with Crippen molar-refractivity contribution in [3.8, 4) is 0 Å². The third-order valence-electron chi connectivity index (χ3n) is 3.05. The van der Waals surface area contributed by atoms with Crippen molar-refractivity contribution < 1.29 is 0 Å². The molecule has 0 aliphatic heterocycles. The second-order valence-electron chi connectivity index (χ2n) is 4.69. The third-order valence-corrected chi connectivity index (χ3v) is 3.36. The Morgan fingerprint density at radius 3 is 2.13 bits per heavy atom. The van der Waals surface area contributed by atoms with E-state index in [0.29, 0.717) is 23.2 Å². The van der Waals surface area contributed by atoms with E-state index < -0.39 is 0 Å². The zero-order chi connectivity index (χ0) is 16.5. The van der Waals surface area contributed by atoms with Crippen LogP contribution >= 0.6 is 11.6 Å². The standard InChI is InChI=1S/C19H18ClN3/c1-2-17(20)13-14-22-19(16-11-7-4-8-12-16)23-18(21)15-9-5-3-6-10-15/h2-13H,1,14H2,(H2,21,22,23)/b17-13+. The van der Waals surface area contributed by atoms with Gasteiger partial charge in [0.15, 0.2) is 5.84 Å². The van der Waals surface area contributed by atoms with Gasteiger partial charge in [-0.05, 0) is 6.08 Å². The molecule has 0 radical (unpaired) electrons. The number of nitrogens with zero attached hydrogens (tertiary/aromatic N) is 2. The monoisotopic (exact) mass is 323 g/mol. The number of benzene rings is 2. The fourth-order valence-electron chi connectivity index (χ4n) is 1.87. The lowest BCUT2D eigenvalue weighted by molar-refractivity contribution is 1.22. The first-order chi connectivity index (χ1) is 11.2. The van der Waals surface area contributed by atoms with Crippen LogP contribution in [0.2, 0.25) is 0 Å². The molecule has 0 aliphatic carbocycles. The van der Waals surface area contributed by atoms with Crippen LogP contribution in [-0.4, -0.2) is 18.2 Å². The molecule has 0 atom stereocenters. The van der Waals surface area contributed by atoms with Crippen molar-refractivity contribution in [2.75, 3.05) is 6.54 Å². The van der Waals surface area contributed by atoms with E-state index in [4.69, 9.17) is 17.3 Å². The van der Waals surface area contributed by atoms with Crippen LogP contribution < -0.4 is 5.73 Å². The minimum absolute atomic E-state index is 0.403. The van der Waals surface area contributed by atoms with Gasteiger partial charge >= 0.3 is 0 Å². The number of hydrogen-bond donors (Lipinski definition) is 1. The maximum Gasteiger partial charge on any atom is 0.157 e. The number of nitrogens with two attached hydrogens (primary N) is 1. The largest absolute Gasteiger partial charge is 0.383 e. The van der Waals surface area contributed by atoms with Gasteiger partial charge in [-0.25, -0.2) is 4.99 Å². The molecule has 2 aromatic carbocycles. The number of allylic oxidation sites excluding steroid dienone is 2. The Morgan fingerprint density at radius 2 is 1.57 bits per heavy atom. The van der Waals surface area contributed by atoms with E-state index in [2.05, 4.69) is 16.6 Å². The number of halogens is 1. The Kier molecular flexibility index (Phi) is 6.33. The highest BCUT2D eigenvalue weighted by Crippen LogP contribution is 2.07. The van der Waals surface area contributed by atoms with E-state index in [9.17, 15) is 0 Å². The second kappa shape index (κ2) is 8.71. The molecule has 0 aromatic heterocycles. The van der Waals surface area contributed by atoms with E-state index in [1.165, 1.54) is 0 Å². The summed E-state index contributed by atoms with van der Waals surface area (Å²) in [6.45, 7) is 4.01. The van der Waals surface area contributed by atoms with Crippen molar-refractivity contribution >= 4 is 23.3 Å². The van der Waals surface area contributed by atoms with Crippen LogP contribution in [0.4, 0.5) is 0 Å². The molecule has 0 spiro atoms. The molecule has 116 valence electrons. The molecule has 0 amide bonds. The van der Waals surface area contributed by atoms with Crippen LogP contribution in [-0.2, 0) is 0 Å². The van der Waals surface area contributed by atoms with E-state index in [1.54, 1.807) is 12.2 Å². The van der Waals surface area contributed by atoms with Gasteiger partial charge < -0.3 is 5.73 Å². The maximum atomic E-state index is 6.10. The van der Waals surface area contributed by atoms with E-state index in [1.807, 2.05) is 60.7 Å². The van der Waals surface area contributed by atoms with Crippen molar-refractivity contribution in [2.45, 2.75) is 0 Å². The predicted octanol–water partition coefficient (Wildman–Crippen LogP) is 4.15. The average molecular weight is 324 g/mol. The van der Waals surface area contributed by atoms with Gasteiger partial charge in [-0.2, -0.15) is 0 Å². The number of aliphatic imine (C=N–C) groups is 2. The molecule has 0 bridgehead atoms. The SMILES string of the molecule is C=C/C(Cl)=C\C/N=C(\N=C(/N)c1ccccc1)c1ccccc1. The zero-order valence-electron chi connectivity index (χ0n) is 12.7. The Morgan fingerprint density at radius 1 is 1.00 bits per heavy atom. The minimum Gasteiger partial charge on any atom is -0.383 e. The molecule has 0 unspecified atom stereocenters. The highest BCUT2D eigenvalue weighted by molar-refractivity contribution is 6.31. The molecule has 2 rings (SSSR count). The lowest BCUT2D eigenvalue weighted by atomic mass is 10.2.